The van der Waals surface area contributed by atoms with Crippen molar-refractivity contribution in [1.82, 2.24) is 14.5 Å². The average molecular weight is 398 g/mol. The summed E-state index contributed by atoms with van der Waals surface area (Å²) in [5, 5.41) is 1.66. The Labute approximate surface area is 169 Å². The topological polar surface area (TPSA) is 50.3 Å². The highest BCUT2D eigenvalue weighted by molar-refractivity contribution is 6.31. The van der Waals surface area contributed by atoms with E-state index in [1.54, 1.807) is 4.57 Å². The summed E-state index contributed by atoms with van der Waals surface area (Å²) in [6, 6.07) is 8.13. The Morgan fingerprint density at radius 2 is 2.07 bits per heavy atom. The third kappa shape index (κ3) is 3.78. The lowest BCUT2D eigenvalue weighted by atomic mass is 10.0. The van der Waals surface area contributed by atoms with Gasteiger partial charge in [-0.25, -0.2) is 0 Å². The second kappa shape index (κ2) is 8.35. The molecular weight excluding hydrogens is 374 g/mol. The Balaban J connectivity index is 1.71. The second-order valence-corrected chi connectivity index (χ2v) is 7.44. The summed E-state index contributed by atoms with van der Waals surface area (Å²) >= 11 is 6.63. The number of halogens is 1. The van der Waals surface area contributed by atoms with Crippen LogP contribution in [0.15, 0.2) is 53.6 Å². The number of aromatic amines is 1. The zero-order valence-electron chi connectivity index (χ0n) is 16.0. The first-order chi connectivity index (χ1) is 13.7. The zero-order valence-corrected chi connectivity index (χ0v) is 16.7. The number of aromatic nitrogens is 2. The van der Waals surface area contributed by atoms with E-state index in [2.05, 4.69) is 22.0 Å². The molecule has 1 aliphatic rings. The van der Waals surface area contributed by atoms with Crippen LogP contribution in [-0.4, -0.2) is 40.8 Å². The minimum atomic E-state index is -0.0168. The first-order valence-corrected chi connectivity index (χ1v) is 9.96. The van der Waals surface area contributed by atoms with Crippen molar-refractivity contribution < 1.29 is 4.74 Å². The van der Waals surface area contributed by atoms with E-state index < -0.39 is 0 Å². The maximum Gasteiger partial charge on any atom is 0.275 e. The predicted molar refractivity (Wildman–Crippen MR) is 114 cm³/mol. The monoisotopic (exact) mass is 397 g/mol. The van der Waals surface area contributed by atoms with Crippen LogP contribution >= 0.6 is 11.6 Å². The quantitative estimate of drug-likeness (QED) is 0.660. The number of fused-ring (bicyclic) bond motifs is 1. The lowest BCUT2D eigenvalue weighted by Gasteiger charge is -2.27. The largest absolute Gasteiger partial charge is 0.379 e. The number of allylic oxidation sites excluding steroid dienone is 2. The standard InChI is InChI=1S/C22H24ClN3O2/c1-2-3-8-26-15-19(18-6-7-24-21(18)22(26)27)16-4-5-17(20(23)13-16)14-25-9-11-28-12-10-25/h2-7,13,15,24H,8-12,14H2,1H3/b3-2+. The fourth-order valence-electron chi connectivity index (χ4n) is 3.63. The number of hydrogen-bond donors (Lipinski definition) is 1. The minimum absolute atomic E-state index is 0.0168. The Kier molecular flexibility index (Phi) is 5.67. The number of rotatable bonds is 5. The number of benzene rings is 1. The summed E-state index contributed by atoms with van der Waals surface area (Å²) < 4.78 is 7.14. The molecule has 1 fully saturated rings. The Hall–Kier alpha value is -2.34. The van der Waals surface area contributed by atoms with Gasteiger partial charge >= 0.3 is 0 Å². The van der Waals surface area contributed by atoms with E-state index in [1.807, 2.05) is 43.6 Å². The van der Waals surface area contributed by atoms with Crippen LogP contribution in [-0.2, 0) is 17.8 Å². The van der Waals surface area contributed by atoms with E-state index in [-0.39, 0.29) is 5.56 Å². The van der Waals surface area contributed by atoms with Gasteiger partial charge in [-0.3, -0.25) is 9.69 Å². The van der Waals surface area contributed by atoms with Crippen LogP contribution < -0.4 is 5.56 Å². The van der Waals surface area contributed by atoms with Crippen LogP contribution in [0.25, 0.3) is 22.0 Å². The molecule has 28 heavy (non-hydrogen) atoms. The van der Waals surface area contributed by atoms with Crippen molar-refractivity contribution in [3.63, 3.8) is 0 Å². The molecule has 146 valence electrons. The molecule has 4 rings (SSSR count). The number of pyridine rings is 1. The summed E-state index contributed by atoms with van der Waals surface area (Å²) in [6.45, 7) is 6.72. The number of nitrogens with one attached hydrogen (secondary N) is 1. The van der Waals surface area contributed by atoms with Crippen LogP contribution in [0.3, 0.4) is 0 Å². The summed E-state index contributed by atoms with van der Waals surface area (Å²) in [7, 11) is 0. The molecule has 5 nitrogen and oxygen atoms in total. The molecule has 1 saturated heterocycles. The first kappa shape index (κ1) is 19.0. The Morgan fingerprint density at radius 3 is 2.82 bits per heavy atom. The average Bonchev–Trinajstić information content (AvgIpc) is 3.20. The number of ether oxygens (including phenoxy) is 1. The van der Waals surface area contributed by atoms with E-state index in [0.717, 1.165) is 59.9 Å². The molecule has 0 spiro atoms. The molecule has 0 aliphatic carbocycles. The lowest BCUT2D eigenvalue weighted by molar-refractivity contribution is 0.0342. The second-order valence-electron chi connectivity index (χ2n) is 7.03. The number of H-pyrrole nitrogens is 1. The first-order valence-electron chi connectivity index (χ1n) is 9.58. The molecule has 0 amide bonds. The van der Waals surface area contributed by atoms with E-state index in [4.69, 9.17) is 16.3 Å². The predicted octanol–water partition coefficient (Wildman–Crippen LogP) is 4.06. The highest BCUT2D eigenvalue weighted by atomic mass is 35.5. The van der Waals surface area contributed by atoms with Gasteiger partial charge in [-0.1, -0.05) is 35.9 Å². The summed E-state index contributed by atoms with van der Waals surface area (Å²) in [5.74, 6) is 0. The molecule has 0 unspecified atom stereocenters. The van der Waals surface area contributed by atoms with Crippen molar-refractivity contribution in [2.75, 3.05) is 26.3 Å². The van der Waals surface area contributed by atoms with Crippen LogP contribution in [0.5, 0.6) is 0 Å². The minimum Gasteiger partial charge on any atom is -0.379 e. The normalized spacial score (nSPS) is 15.6. The van der Waals surface area contributed by atoms with Gasteiger partial charge in [0.05, 0.1) is 13.2 Å². The molecule has 0 saturated carbocycles. The SMILES string of the molecule is C/C=C/Cn1cc(-c2ccc(CN3CCOCC3)c(Cl)c2)c2cc[nH]c2c1=O. The van der Waals surface area contributed by atoms with Crippen molar-refractivity contribution in [3.05, 3.63) is 69.8 Å². The van der Waals surface area contributed by atoms with Gasteiger partial charge in [0.15, 0.2) is 0 Å². The van der Waals surface area contributed by atoms with E-state index >= 15 is 0 Å². The van der Waals surface area contributed by atoms with Crippen molar-refractivity contribution >= 4 is 22.5 Å². The van der Waals surface area contributed by atoms with Crippen molar-refractivity contribution in [3.8, 4) is 11.1 Å². The van der Waals surface area contributed by atoms with Gasteiger partial charge in [-0.15, -0.1) is 0 Å². The van der Waals surface area contributed by atoms with E-state index in [9.17, 15) is 4.79 Å². The fraction of sp³-hybridized carbons (Fsp3) is 0.318. The Morgan fingerprint density at radius 1 is 1.25 bits per heavy atom. The molecule has 6 heteroatoms. The highest BCUT2D eigenvalue weighted by Crippen LogP contribution is 2.30. The molecule has 3 heterocycles. The fourth-order valence-corrected chi connectivity index (χ4v) is 3.87. The number of nitrogens with zero attached hydrogens (tertiary/aromatic N) is 2. The van der Waals surface area contributed by atoms with Gasteiger partial charge in [0, 0.05) is 54.5 Å². The van der Waals surface area contributed by atoms with Gasteiger partial charge < -0.3 is 14.3 Å². The zero-order chi connectivity index (χ0) is 19.5. The van der Waals surface area contributed by atoms with Crippen LogP contribution in [0, 0.1) is 0 Å². The van der Waals surface area contributed by atoms with Crippen LogP contribution in [0.1, 0.15) is 12.5 Å². The molecule has 0 bridgehead atoms. The number of hydrogen-bond acceptors (Lipinski definition) is 3. The van der Waals surface area contributed by atoms with Crippen LogP contribution in [0.4, 0.5) is 0 Å². The molecule has 1 aromatic carbocycles. The number of morpholine rings is 1. The third-order valence-electron chi connectivity index (χ3n) is 5.20. The van der Waals surface area contributed by atoms with Crippen molar-refractivity contribution in [2.24, 2.45) is 0 Å². The molecular formula is C22H24ClN3O2. The third-order valence-corrected chi connectivity index (χ3v) is 5.55. The molecule has 3 aromatic rings. The smallest absolute Gasteiger partial charge is 0.275 e. The van der Waals surface area contributed by atoms with E-state index in [1.165, 1.54) is 0 Å². The van der Waals surface area contributed by atoms with Gasteiger partial charge in [-0.05, 0) is 30.2 Å². The maximum absolute atomic E-state index is 12.7. The van der Waals surface area contributed by atoms with Crippen molar-refractivity contribution in [2.45, 2.75) is 20.0 Å². The van der Waals surface area contributed by atoms with Gasteiger partial charge in [0.1, 0.15) is 5.52 Å². The van der Waals surface area contributed by atoms with Gasteiger partial charge in [0.25, 0.3) is 5.56 Å². The van der Waals surface area contributed by atoms with E-state index in [0.29, 0.717) is 12.1 Å². The van der Waals surface area contributed by atoms with Gasteiger partial charge in [-0.2, -0.15) is 0 Å². The lowest BCUT2D eigenvalue weighted by Crippen LogP contribution is -2.35. The molecule has 1 aliphatic heterocycles. The Bertz CT molecular complexity index is 1060. The molecule has 2 aromatic heterocycles. The molecule has 1 N–H and O–H groups in total. The molecule has 0 radical (unpaired) electrons. The van der Waals surface area contributed by atoms with Gasteiger partial charge in [0.2, 0.25) is 0 Å². The highest BCUT2D eigenvalue weighted by Gasteiger charge is 2.15. The summed E-state index contributed by atoms with van der Waals surface area (Å²) in [5.41, 5.74) is 3.72. The molecule has 0 atom stereocenters. The van der Waals surface area contributed by atoms with Crippen LogP contribution in [0.2, 0.25) is 5.02 Å². The maximum atomic E-state index is 12.7. The summed E-state index contributed by atoms with van der Waals surface area (Å²) in [6.07, 6.45) is 7.65. The van der Waals surface area contributed by atoms with Crippen molar-refractivity contribution in [1.29, 1.82) is 0 Å². The summed E-state index contributed by atoms with van der Waals surface area (Å²) in [4.78, 5) is 18.1.